The normalized spacial score (nSPS) is 21.7. The molecule has 2 heterocycles. The smallest absolute Gasteiger partial charge is 0.241 e. The molecule has 1 aromatic heterocycles. The molecule has 0 N–H and O–H groups in total. The van der Waals surface area contributed by atoms with Gasteiger partial charge in [-0.2, -0.15) is 4.31 Å². The van der Waals surface area contributed by atoms with Crippen LogP contribution in [-0.4, -0.2) is 49.4 Å². The van der Waals surface area contributed by atoms with Gasteiger partial charge in [-0.1, -0.05) is 12.8 Å². The standard InChI is InChI=1S/C16H26N2O4S/c1-12-9-10-15(22-12)14-8-6-5-7-11-18(14)23(20,21)13(2)16(19)17(3)4/h9-10,13-14H,5-8,11H2,1-4H3/t13-,14-/m0/s1. The summed E-state index contributed by atoms with van der Waals surface area (Å²) in [5.74, 6) is 1.03. The topological polar surface area (TPSA) is 70.8 Å². The molecule has 1 saturated heterocycles. The van der Waals surface area contributed by atoms with Crippen molar-refractivity contribution in [1.29, 1.82) is 0 Å². The Morgan fingerprint density at radius 3 is 2.57 bits per heavy atom. The van der Waals surface area contributed by atoms with Gasteiger partial charge in [-0.3, -0.25) is 4.79 Å². The Morgan fingerprint density at radius 1 is 1.30 bits per heavy atom. The van der Waals surface area contributed by atoms with E-state index in [2.05, 4.69) is 0 Å². The lowest BCUT2D eigenvalue weighted by atomic mass is 10.1. The van der Waals surface area contributed by atoms with Crippen molar-refractivity contribution >= 4 is 15.9 Å². The minimum absolute atomic E-state index is 0.325. The quantitative estimate of drug-likeness (QED) is 0.842. The molecule has 0 aromatic carbocycles. The highest BCUT2D eigenvalue weighted by Crippen LogP contribution is 2.34. The van der Waals surface area contributed by atoms with Crippen molar-refractivity contribution in [3.05, 3.63) is 23.7 Å². The number of hydrogen-bond acceptors (Lipinski definition) is 4. The summed E-state index contributed by atoms with van der Waals surface area (Å²) in [5, 5.41) is -1.09. The molecular weight excluding hydrogens is 316 g/mol. The van der Waals surface area contributed by atoms with E-state index in [-0.39, 0.29) is 6.04 Å². The van der Waals surface area contributed by atoms with E-state index in [9.17, 15) is 13.2 Å². The molecule has 0 bridgehead atoms. The van der Waals surface area contributed by atoms with Gasteiger partial charge < -0.3 is 9.32 Å². The molecule has 1 amide bonds. The molecule has 1 fully saturated rings. The van der Waals surface area contributed by atoms with Crippen LogP contribution in [0.1, 0.15) is 50.2 Å². The number of nitrogens with zero attached hydrogens (tertiary/aromatic N) is 2. The lowest BCUT2D eigenvalue weighted by Gasteiger charge is -2.30. The number of aryl methyl sites for hydroxylation is 1. The van der Waals surface area contributed by atoms with Gasteiger partial charge in [0.05, 0.1) is 6.04 Å². The lowest BCUT2D eigenvalue weighted by molar-refractivity contribution is -0.128. The van der Waals surface area contributed by atoms with Crippen LogP contribution >= 0.6 is 0 Å². The van der Waals surface area contributed by atoms with E-state index in [4.69, 9.17) is 4.42 Å². The fourth-order valence-corrected chi connectivity index (χ4v) is 4.82. The third-order valence-corrected chi connectivity index (χ3v) is 6.54. The van der Waals surface area contributed by atoms with Crippen LogP contribution in [0, 0.1) is 6.92 Å². The number of rotatable bonds is 4. The summed E-state index contributed by atoms with van der Waals surface area (Å²) < 4.78 is 33.2. The third kappa shape index (κ3) is 3.77. The largest absolute Gasteiger partial charge is 0.465 e. The molecule has 2 rings (SSSR count). The summed E-state index contributed by atoms with van der Waals surface area (Å²) in [5.41, 5.74) is 0. The third-order valence-electron chi connectivity index (χ3n) is 4.36. The van der Waals surface area contributed by atoms with E-state index in [1.54, 1.807) is 14.1 Å². The summed E-state index contributed by atoms with van der Waals surface area (Å²) >= 11 is 0. The molecule has 1 aliphatic heterocycles. The Hall–Kier alpha value is -1.34. The second-order valence-electron chi connectivity index (χ2n) is 6.34. The van der Waals surface area contributed by atoms with Crippen LogP contribution < -0.4 is 0 Å². The van der Waals surface area contributed by atoms with Crippen LogP contribution in [0.25, 0.3) is 0 Å². The summed E-state index contributed by atoms with van der Waals surface area (Å²) in [6, 6.07) is 3.36. The molecule has 0 aliphatic carbocycles. The summed E-state index contributed by atoms with van der Waals surface area (Å²) in [6.45, 7) is 3.74. The molecule has 0 unspecified atom stereocenters. The first-order valence-corrected chi connectivity index (χ1v) is 9.53. The van der Waals surface area contributed by atoms with Crippen LogP contribution in [0.4, 0.5) is 0 Å². The van der Waals surface area contributed by atoms with E-state index in [0.717, 1.165) is 31.4 Å². The maximum absolute atomic E-state index is 13.0. The van der Waals surface area contributed by atoms with Crippen molar-refractivity contribution in [3.8, 4) is 0 Å². The highest BCUT2D eigenvalue weighted by molar-refractivity contribution is 7.90. The van der Waals surface area contributed by atoms with E-state index < -0.39 is 21.2 Å². The fourth-order valence-electron chi connectivity index (χ4n) is 3.00. The van der Waals surface area contributed by atoms with Gasteiger partial charge in [-0.05, 0) is 38.8 Å². The molecule has 7 heteroatoms. The number of carbonyl (C=O) groups is 1. The molecule has 1 aliphatic rings. The zero-order valence-corrected chi connectivity index (χ0v) is 15.1. The molecule has 23 heavy (non-hydrogen) atoms. The van der Waals surface area contributed by atoms with Gasteiger partial charge in [-0.15, -0.1) is 0 Å². The molecular formula is C16H26N2O4S. The van der Waals surface area contributed by atoms with Crippen molar-refractivity contribution in [2.75, 3.05) is 20.6 Å². The monoisotopic (exact) mass is 342 g/mol. The Morgan fingerprint density at radius 2 is 2.00 bits per heavy atom. The van der Waals surface area contributed by atoms with Crippen LogP contribution in [0.3, 0.4) is 0 Å². The van der Waals surface area contributed by atoms with Crippen LogP contribution in [0.2, 0.25) is 0 Å². The molecule has 0 saturated carbocycles. The lowest BCUT2D eigenvalue weighted by Crippen LogP contribution is -2.46. The first kappa shape index (κ1) is 18.0. The highest BCUT2D eigenvalue weighted by atomic mass is 32.2. The van der Waals surface area contributed by atoms with Crippen LogP contribution in [-0.2, 0) is 14.8 Å². The summed E-state index contributed by atoms with van der Waals surface area (Å²) in [7, 11) is -0.588. The zero-order chi connectivity index (χ0) is 17.2. The number of furan rings is 1. The van der Waals surface area contributed by atoms with E-state index >= 15 is 0 Å². The van der Waals surface area contributed by atoms with Gasteiger partial charge >= 0.3 is 0 Å². The Labute approximate surface area is 138 Å². The van der Waals surface area contributed by atoms with E-state index in [0.29, 0.717) is 12.3 Å². The Kier molecular flexibility index (Phi) is 5.52. The Balaban J connectivity index is 2.36. The van der Waals surface area contributed by atoms with Crippen molar-refractivity contribution < 1.29 is 17.6 Å². The number of carbonyl (C=O) groups excluding carboxylic acids is 1. The molecule has 130 valence electrons. The minimum Gasteiger partial charge on any atom is -0.465 e. The molecule has 2 atom stereocenters. The van der Waals surface area contributed by atoms with Crippen molar-refractivity contribution in [1.82, 2.24) is 9.21 Å². The van der Waals surface area contributed by atoms with Gasteiger partial charge in [-0.25, -0.2) is 8.42 Å². The van der Waals surface area contributed by atoms with Crippen molar-refractivity contribution in [3.63, 3.8) is 0 Å². The maximum Gasteiger partial charge on any atom is 0.241 e. The second-order valence-corrected chi connectivity index (χ2v) is 8.55. The molecule has 0 radical (unpaired) electrons. The Bertz CT molecular complexity index is 651. The predicted molar refractivity (Wildman–Crippen MR) is 88.4 cm³/mol. The second kappa shape index (κ2) is 7.05. The SMILES string of the molecule is Cc1ccc([C@@H]2CCCCCN2S(=O)(=O)[C@@H](C)C(=O)N(C)C)o1. The van der Waals surface area contributed by atoms with Crippen LogP contribution in [0.15, 0.2) is 16.5 Å². The fraction of sp³-hybridized carbons (Fsp3) is 0.688. The van der Waals surface area contributed by atoms with Crippen LogP contribution in [0.5, 0.6) is 0 Å². The van der Waals surface area contributed by atoms with Gasteiger partial charge in [0.1, 0.15) is 11.5 Å². The van der Waals surface area contributed by atoms with Crippen molar-refractivity contribution in [2.45, 2.75) is 50.8 Å². The molecule has 1 aromatic rings. The van der Waals surface area contributed by atoms with E-state index in [1.807, 2.05) is 19.1 Å². The average Bonchev–Trinajstić information content (AvgIpc) is 2.77. The molecule has 6 nitrogen and oxygen atoms in total. The first-order valence-electron chi connectivity index (χ1n) is 8.03. The molecule has 0 spiro atoms. The maximum atomic E-state index is 13.0. The predicted octanol–water partition coefficient (Wildman–Crippen LogP) is 2.31. The van der Waals surface area contributed by atoms with Gasteiger partial charge in [0.25, 0.3) is 0 Å². The number of sulfonamides is 1. The summed E-state index contributed by atoms with van der Waals surface area (Å²) in [6.07, 6.45) is 3.46. The van der Waals surface area contributed by atoms with Gasteiger partial charge in [0.2, 0.25) is 15.9 Å². The average molecular weight is 342 g/mol. The summed E-state index contributed by atoms with van der Waals surface area (Å²) in [4.78, 5) is 13.5. The number of amides is 1. The number of hydrogen-bond donors (Lipinski definition) is 0. The highest BCUT2D eigenvalue weighted by Gasteiger charge is 2.40. The van der Waals surface area contributed by atoms with Gasteiger partial charge in [0, 0.05) is 20.6 Å². The van der Waals surface area contributed by atoms with Crippen molar-refractivity contribution in [2.24, 2.45) is 0 Å². The van der Waals surface area contributed by atoms with Gasteiger partial charge in [0.15, 0.2) is 5.25 Å². The zero-order valence-electron chi connectivity index (χ0n) is 14.3. The first-order chi connectivity index (χ1) is 10.7. The van der Waals surface area contributed by atoms with E-state index in [1.165, 1.54) is 16.1 Å². The minimum atomic E-state index is -3.74.